The van der Waals surface area contributed by atoms with Crippen molar-refractivity contribution < 1.29 is 40.7 Å². The number of rotatable bonds is 6. The second-order valence-corrected chi connectivity index (χ2v) is 6.49. The highest BCUT2D eigenvalue weighted by molar-refractivity contribution is 6.03. The summed E-state index contributed by atoms with van der Waals surface area (Å²) in [5.74, 6) is -0.452. The molecular formula is C18H20F6N2O3. The molecule has 29 heavy (non-hydrogen) atoms. The Bertz CT molecular complexity index is 720. The van der Waals surface area contributed by atoms with Gasteiger partial charge in [0, 0.05) is 32.4 Å². The van der Waals surface area contributed by atoms with Gasteiger partial charge in [0.2, 0.25) is 5.91 Å². The normalized spacial score (nSPS) is 15.2. The maximum Gasteiger partial charge on any atom is 0.414 e. The summed E-state index contributed by atoms with van der Waals surface area (Å²) in [7, 11) is 0. The van der Waals surface area contributed by atoms with Crippen molar-refractivity contribution in [3.05, 3.63) is 24.3 Å². The Kier molecular flexibility index (Phi) is 7.37. The Morgan fingerprint density at radius 3 is 2.17 bits per heavy atom. The molecule has 0 aliphatic carbocycles. The third-order valence-corrected chi connectivity index (χ3v) is 4.21. The van der Waals surface area contributed by atoms with Crippen LogP contribution in [0.4, 0.5) is 42.5 Å². The van der Waals surface area contributed by atoms with Crippen LogP contribution in [0.15, 0.2) is 24.3 Å². The standard InChI is InChI=1S/C18H20F6N2O3/c19-17(20,21)8-3-10-25-13-5-1-2-6-14(13)26(11-7-15(25)27)16(28)29-12-4-9-18(22,23)24/h1-2,5-6H,3-4,7-12H2. The molecule has 2 rings (SSSR count). The molecule has 1 aromatic rings. The van der Waals surface area contributed by atoms with Crippen molar-refractivity contribution in [1.29, 1.82) is 0 Å². The summed E-state index contributed by atoms with van der Waals surface area (Å²) in [5, 5.41) is 0. The van der Waals surface area contributed by atoms with E-state index in [-0.39, 0.29) is 37.3 Å². The van der Waals surface area contributed by atoms with Crippen molar-refractivity contribution in [2.75, 3.05) is 29.5 Å². The summed E-state index contributed by atoms with van der Waals surface area (Å²) >= 11 is 0. The van der Waals surface area contributed by atoms with Crippen LogP contribution in [-0.4, -0.2) is 44.0 Å². The summed E-state index contributed by atoms with van der Waals surface area (Å²) in [4.78, 5) is 27.1. The molecule has 11 heteroatoms. The number of ether oxygens (including phenoxy) is 1. The molecule has 0 spiro atoms. The summed E-state index contributed by atoms with van der Waals surface area (Å²) in [6, 6.07) is 6.14. The maximum atomic E-state index is 12.4. The quantitative estimate of drug-likeness (QED) is 0.473. The SMILES string of the molecule is O=C1CCN(C(=O)OCCCC(F)(F)F)c2ccccc2N1CCCC(F)(F)F. The van der Waals surface area contributed by atoms with Gasteiger partial charge in [0.25, 0.3) is 0 Å². The van der Waals surface area contributed by atoms with Gasteiger partial charge in [-0.3, -0.25) is 9.69 Å². The van der Waals surface area contributed by atoms with E-state index in [2.05, 4.69) is 0 Å². The fraction of sp³-hybridized carbons (Fsp3) is 0.556. The zero-order valence-corrected chi connectivity index (χ0v) is 15.4. The third kappa shape index (κ3) is 7.13. The van der Waals surface area contributed by atoms with Crippen molar-refractivity contribution in [2.45, 2.75) is 44.5 Å². The molecule has 0 N–H and O–H groups in total. The van der Waals surface area contributed by atoms with E-state index in [0.29, 0.717) is 0 Å². The number of anilines is 2. The topological polar surface area (TPSA) is 49.9 Å². The molecule has 162 valence electrons. The van der Waals surface area contributed by atoms with E-state index in [4.69, 9.17) is 4.74 Å². The minimum Gasteiger partial charge on any atom is -0.449 e. The van der Waals surface area contributed by atoms with Crippen molar-refractivity contribution in [3.8, 4) is 0 Å². The van der Waals surface area contributed by atoms with Crippen LogP contribution in [0.1, 0.15) is 32.1 Å². The van der Waals surface area contributed by atoms with Crippen molar-refractivity contribution in [3.63, 3.8) is 0 Å². The Hall–Kier alpha value is -2.46. The van der Waals surface area contributed by atoms with Gasteiger partial charge in [0.05, 0.1) is 18.0 Å². The molecule has 0 fully saturated rings. The first-order valence-corrected chi connectivity index (χ1v) is 8.95. The zero-order chi connectivity index (χ0) is 21.7. The molecule has 5 nitrogen and oxygen atoms in total. The first kappa shape index (κ1) is 22.8. The molecule has 0 saturated carbocycles. The number of nitrogens with zero attached hydrogens (tertiary/aromatic N) is 2. The number of alkyl halides is 6. The lowest BCUT2D eigenvalue weighted by molar-refractivity contribution is -0.137. The van der Waals surface area contributed by atoms with Gasteiger partial charge in [-0.1, -0.05) is 12.1 Å². The molecule has 1 aromatic carbocycles. The van der Waals surface area contributed by atoms with Gasteiger partial charge in [-0.05, 0) is 25.0 Å². The number of halogens is 6. The van der Waals surface area contributed by atoms with E-state index in [0.717, 1.165) is 4.90 Å². The monoisotopic (exact) mass is 426 g/mol. The zero-order valence-electron chi connectivity index (χ0n) is 15.4. The summed E-state index contributed by atoms with van der Waals surface area (Å²) < 4.78 is 78.7. The van der Waals surface area contributed by atoms with Crippen LogP contribution in [-0.2, 0) is 9.53 Å². The van der Waals surface area contributed by atoms with Gasteiger partial charge in [-0.15, -0.1) is 0 Å². The van der Waals surface area contributed by atoms with Gasteiger partial charge in [-0.2, -0.15) is 26.3 Å². The summed E-state index contributed by atoms with van der Waals surface area (Å²) in [5.41, 5.74) is 0.510. The molecular weight excluding hydrogens is 406 g/mol. The van der Waals surface area contributed by atoms with Crippen LogP contribution in [0.25, 0.3) is 0 Å². The second kappa shape index (κ2) is 9.36. The fourth-order valence-corrected chi connectivity index (χ4v) is 2.90. The number of hydrogen-bond donors (Lipinski definition) is 0. The number of carbonyl (C=O) groups is 2. The van der Waals surface area contributed by atoms with Gasteiger partial charge in [0.1, 0.15) is 0 Å². The van der Waals surface area contributed by atoms with Crippen LogP contribution in [0.5, 0.6) is 0 Å². The predicted octanol–water partition coefficient (Wildman–Crippen LogP) is 5.05. The summed E-state index contributed by atoms with van der Waals surface area (Å²) in [6.07, 6.45) is -12.6. The third-order valence-electron chi connectivity index (χ3n) is 4.21. The molecule has 0 atom stereocenters. The molecule has 1 aliphatic rings. The molecule has 2 amide bonds. The Balaban J connectivity index is 2.09. The van der Waals surface area contributed by atoms with E-state index in [1.807, 2.05) is 0 Å². The van der Waals surface area contributed by atoms with Crippen LogP contribution in [0.3, 0.4) is 0 Å². The minimum atomic E-state index is -4.36. The van der Waals surface area contributed by atoms with E-state index in [1.54, 1.807) is 12.1 Å². The van der Waals surface area contributed by atoms with Crippen LogP contribution >= 0.6 is 0 Å². The second-order valence-electron chi connectivity index (χ2n) is 6.49. The van der Waals surface area contributed by atoms with Gasteiger partial charge in [0.15, 0.2) is 0 Å². The number of carbonyl (C=O) groups excluding carboxylic acids is 2. The van der Waals surface area contributed by atoms with Crippen molar-refractivity contribution in [1.82, 2.24) is 0 Å². The summed E-state index contributed by atoms with van der Waals surface area (Å²) in [6.45, 7) is -0.714. The van der Waals surface area contributed by atoms with E-state index < -0.39 is 50.2 Å². The lowest BCUT2D eigenvalue weighted by Gasteiger charge is -2.25. The molecule has 0 bridgehead atoms. The number of benzene rings is 1. The van der Waals surface area contributed by atoms with E-state index >= 15 is 0 Å². The Morgan fingerprint density at radius 2 is 1.55 bits per heavy atom. The number of fused-ring (bicyclic) bond motifs is 1. The van der Waals surface area contributed by atoms with Crippen molar-refractivity contribution in [2.24, 2.45) is 0 Å². The van der Waals surface area contributed by atoms with Gasteiger partial charge in [-0.25, -0.2) is 4.79 Å². The lowest BCUT2D eigenvalue weighted by Crippen LogP contribution is -2.33. The lowest BCUT2D eigenvalue weighted by atomic mass is 10.2. The first-order valence-electron chi connectivity index (χ1n) is 8.95. The van der Waals surface area contributed by atoms with E-state index in [1.165, 1.54) is 17.0 Å². The van der Waals surface area contributed by atoms with Crippen molar-refractivity contribution >= 4 is 23.4 Å². The van der Waals surface area contributed by atoms with Gasteiger partial charge >= 0.3 is 18.4 Å². The molecule has 0 unspecified atom stereocenters. The Morgan fingerprint density at radius 1 is 0.966 bits per heavy atom. The highest BCUT2D eigenvalue weighted by Gasteiger charge is 2.32. The molecule has 1 aliphatic heterocycles. The average molecular weight is 426 g/mol. The van der Waals surface area contributed by atoms with E-state index in [9.17, 15) is 35.9 Å². The Labute approximate surface area is 163 Å². The predicted molar refractivity (Wildman–Crippen MR) is 92.7 cm³/mol. The molecule has 0 aromatic heterocycles. The van der Waals surface area contributed by atoms with Crippen LogP contribution in [0.2, 0.25) is 0 Å². The first-order chi connectivity index (χ1) is 13.5. The van der Waals surface area contributed by atoms with Gasteiger partial charge < -0.3 is 9.64 Å². The highest BCUT2D eigenvalue weighted by atomic mass is 19.4. The fourth-order valence-electron chi connectivity index (χ4n) is 2.90. The largest absolute Gasteiger partial charge is 0.449 e. The molecule has 0 saturated heterocycles. The number of para-hydroxylation sites is 2. The smallest absolute Gasteiger partial charge is 0.414 e. The number of amides is 2. The highest BCUT2D eigenvalue weighted by Crippen LogP contribution is 2.34. The van der Waals surface area contributed by atoms with Crippen LogP contribution in [0, 0.1) is 0 Å². The maximum absolute atomic E-state index is 12.4. The van der Waals surface area contributed by atoms with Crippen LogP contribution < -0.4 is 9.80 Å². The number of hydrogen-bond acceptors (Lipinski definition) is 3. The molecule has 1 heterocycles. The average Bonchev–Trinajstić information content (AvgIpc) is 2.74. The molecule has 0 radical (unpaired) electrons. The minimum absolute atomic E-state index is 0.0935.